The van der Waals surface area contributed by atoms with Crippen LogP contribution in [-0.4, -0.2) is 68.3 Å². The third-order valence-electron chi connectivity index (χ3n) is 8.50. The Hall–Kier alpha value is -2.55. The predicted molar refractivity (Wildman–Crippen MR) is 229 cm³/mol. The van der Waals surface area contributed by atoms with Crippen LogP contribution < -0.4 is 0 Å². The highest BCUT2D eigenvalue weighted by molar-refractivity contribution is 7.47. The number of phosphoric acid groups is 1. The van der Waals surface area contributed by atoms with Gasteiger partial charge in [0, 0.05) is 19.4 Å². The lowest BCUT2D eigenvalue weighted by molar-refractivity contribution is -0.161. The molecule has 0 aliphatic rings. The molecule has 0 radical (unpaired) electrons. The molecule has 0 rings (SSSR count). The molecular weight excluding hydrogens is 713 g/mol. The van der Waals surface area contributed by atoms with Gasteiger partial charge in [-0.05, 0) is 91.1 Å². The van der Waals surface area contributed by atoms with Gasteiger partial charge in [-0.15, -0.1) is 0 Å². The molecule has 0 saturated carbocycles. The molecule has 0 bridgehead atoms. The Morgan fingerprint density at radius 1 is 0.582 bits per heavy atom. The maximum atomic E-state index is 12.6. The maximum absolute atomic E-state index is 12.6. The summed E-state index contributed by atoms with van der Waals surface area (Å²) < 4.78 is 33.4. The highest BCUT2D eigenvalue weighted by Gasteiger charge is 2.26. The van der Waals surface area contributed by atoms with Crippen LogP contribution in [0.4, 0.5) is 0 Å². The smallest absolute Gasteiger partial charge is 0.462 e. The summed E-state index contributed by atoms with van der Waals surface area (Å²) in [6.07, 6.45) is 46.7. The number of hydrogen-bond acceptors (Lipinski definition) is 8. The number of rotatable bonds is 38. The van der Waals surface area contributed by atoms with Crippen LogP contribution in [0.1, 0.15) is 155 Å². The zero-order valence-electron chi connectivity index (χ0n) is 35.1. The summed E-state index contributed by atoms with van der Waals surface area (Å²) >= 11 is 0. The van der Waals surface area contributed by atoms with Crippen molar-refractivity contribution in [1.82, 2.24) is 4.90 Å². The number of phosphoric ester groups is 1. The third kappa shape index (κ3) is 40.9. The van der Waals surface area contributed by atoms with Crippen molar-refractivity contribution in [1.29, 1.82) is 0 Å². The van der Waals surface area contributed by atoms with Crippen molar-refractivity contribution in [2.45, 2.75) is 161 Å². The van der Waals surface area contributed by atoms with E-state index in [1.807, 2.05) is 20.2 Å². The summed E-state index contributed by atoms with van der Waals surface area (Å²) in [6.45, 7) is 4.11. The number of unbranched alkanes of at least 4 members (excludes halogenated alkanes) is 12. The van der Waals surface area contributed by atoms with Gasteiger partial charge in [-0.1, -0.05) is 138 Å². The number of hydrogen-bond donors (Lipinski definition) is 1. The van der Waals surface area contributed by atoms with E-state index in [1.54, 1.807) is 4.90 Å². The fourth-order valence-electron chi connectivity index (χ4n) is 5.25. The molecule has 0 aromatic carbocycles. The molecule has 1 N–H and O–H groups in total. The third-order valence-corrected chi connectivity index (χ3v) is 9.48. The molecule has 55 heavy (non-hydrogen) atoms. The van der Waals surface area contributed by atoms with Crippen LogP contribution in [0.15, 0.2) is 72.9 Å². The van der Waals surface area contributed by atoms with Gasteiger partial charge in [-0.25, -0.2) is 4.57 Å². The van der Waals surface area contributed by atoms with Gasteiger partial charge in [-0.2, -0.15) is 0 Å². The van der Waals surface area contributed by atoms with E-state index < -0.39 is 32.5 Å². The molecule has 9 nitrogen and oxygen atoms in total. The molecule has 0 fully saturated rings. The topological polar surface area (TPSA) is 112 Å². The van der Waals surface area contributed by atoms with Gasteiger partial charge < -0.3 is 19.3 Å². The Bertz CT molecular complexity index is 1140. The van der Waals surface area contributed by atoms with E-state index in [2.05, 4.69) is 80.7 Å². The highest BCUT2D eigenvalue weighted by Crippen LogP contribution is 2.43. The first-order valence-corrected chi connectivity index (χ1v) is 22.7. The van der Waals surface area contributed by atoms with Crippen LogP contribution >= 0.6 is 7.82 Å². The molecule has 0 amide bonds. The molecular formula is C45H78NO8P. The van der Waals surface area contributed by atoms with Gasteiger partial charge >= 0.3 is 19.8 Å². The van der Waals surface area contributed by atoms with E-state index in [9.17, 15) is 19.0 Å². The number of allylic oxidation sites excluding steroid dienone is 12. The fourth-order valence-corrected chi connectivity index (χ4v) is 5.99. The first kappa shape index (κ1) is 52.5. The van der Waals surface area contributed by atoms with E-state index in [0.717, 1.165) is 70.6 Å². The second kappa shape index (κ2) is 39.7. The summed E-state index contributed by atoms with van der Waals surface area (Å²) in [6, 6.07) is 0. The zero-order valence-corrected chi connectivity index (χ0v) is 36.0. The van der Waals surface area contributed by atoms with Crippen molar-refractivity contribution in [3.05, 3.63) is 72.9 Å². The van der Waals surface area contributed by atoms with Crippen LogP contribution in [0.5, 0.6) is 0 Å². The molecule has 0 aliphatic heterocycles. The van der Waals surface area contributed by atoms with E-state index in [0.29, 0.717) is 19.4 Å². The average molecular weight is 792 g/mol. The summed E-state index contributed by atoms with van der Waals surface area (Å²) in [5.74, 6) is -0.887. The number of carbonyl (C=O) groups excluding carboxylic acids is 2. The van der Waals surface area contributed by atoms with E-state index in [1.165, 1.54) is 44.9 Å². The van der Waals surface area contributed by atoms with Crippen LogP contribution in [0.3, 0.4) is 0 Å². The van der Waals surface area contributed by atoms with Gasteiger partial charge in [-0.3, -0.25) is 18.6 Å². The van der Waals surface area contributed by atoms with Crippen molar-refractivity contribution >= 4 is 19.8 Å². The Morgan fingerprint density at radius 3 is 1.62 bits per heavy atom. The standard InChI is InChI=1S/C45H78NO8P/c1-5-7-9-11-13-15-17-19-21-22-24-26-28-30-32-34-36-38-45(48)54-43(42-53-55(49,50)52-40-39-46(3)4)41-51-44(47)37-35-33-31-29-27-25-23-20-18-16-14-12-10-8-6-2/h7,9,13,15,19-21,23-24,26,30,32,43H,5-6,8,10-12,14,16-18,22,25,27-29,31,33-42H2,1-4H3,(H,49,50)/b9-7-,15-13-,21-19-,23-20-,26-24-,32-30-. The molecule has 2 atom stereocenters. The van der Waals surface area contributed by atoms with Gasteiger partial charge in [0.1, 0.15) is 6.61 Å². The Labute approximate surface area is 336 Å². The Kier molecular flexibility index (Phi) is 37.8. The van der Waals surface area contributed by atoms with Gasteiger partial charge in [0.15, 0.2) is 6.10 Å². The summed E-state index contributed by atoms with van der Waals surface area (Å²) in [7, 11) is -0.752. The molecule has 0 spiro atoms. The van der Waals surface area contributed by atoms with Crippen molar-refractivity contribution in [2.24, 2.45) is 0 Å². The van der Waals surface area contributed by atoms with Gasteiger partial charge in [0.2, 0.25) is 0 Å². The first-order valence-electron chi connectivity index (χ1n) is 21.2. The minimum absolute atomic E-state index is 0.00796. The monoisotopic (exact) mass is 792 g/mol. The molecule has 0 aromatic heterocycles. The fraction of sp³-hybridized carbons (Fsp3) is 0.689. The van der Waals surface area contributed by atoms with E-state index in [4.69, 9.17) is 18.5 Å². The maximum Gasteiger partial charge on any atom is 0.472 e. The minimum Gasteiger partial charge on any atom is -0.462 e. The Morgan fingerprint density at radius 2 is 1.05 bits per heavy atom. The SMILES string of the molecule is CC/C=C\C/C=C\C/C=C\C/C=C\C/C=C\CCCC(=O)OC(COC(=O)CCCCCCC/C=C\CCCCCCCC)COP(=O)(O)OCCN(C)C. The van der Waals surface area contributed by atoms with Crippen molar-refractivity contribution < 1.29 is 37.6 Å². The predicted octanol–water partition coefficient (Wildman–Crippen LogP) is 12.1. The minimum atomic E-state index is -4.38. The second-order valence-corrected chi connectivity index (χ2v) is 15.6. The number of esters is 2. The molecule has 10 heteroatoms. The lowest BCUT2D eigenvalue weighted by Crippen LogP contribution is -2.29. The molecule has 0 aromatic rings. The van der Waals surface area contributed by atoms with E-state index >= 15 is 0 Å². The number of ether oxygens (including phenoxy) is 2. The molecule has 0 heterocycles. The largest absolute Gasteiger partial charge is 0.472 e. The number of nitrogens with zero attached hydrogens (tertiary/aromatic N) is 1. The first-order chi connectivity index (χ1) is 26.7. The Balaban J connectivity index is 4.44. The molecule has 2 unspecified atom stereocenters. The van der Waals surface area contributed by atoms with Crippen molar-refractivity contribution in [3.63, 3.8) is 0 Å². The van der Waals surface area contributed by atoms with E-state index in [-0.39, 0.29) is 26.1 Å². The van der Waals surface area contributed by atoms with Gasteiger partial charge in [0.25, 0.3) is 0 Å². The van der Waals surface area contributed by atoms with Gasteiger partial charge in [0.05, 0.1) is 13.2 Å². The quantitative estimate of drug-likeness (QED) is 0.0283. The summed E-state index contributed by atoms with van der Waals surface area (Å²) in [5, 5.41) is 0. The van der Waals surface area contributed by atoms with Crippen LogP contribution in [0.25, 0.3) is 0 Å². The van der Waals surface area contributed by atoms with Crippen molar-refractivity contribution in [2.75, 3.05) is 40.5 Å². The molecule has 0 aliphatic carbocycles. The average Bonchev–Trinajstić information content (AvgIpc) is 3.15. The number of carbonyl (C=O) groups is 2. The highest BCUT2D eigenvalue weighted by atomic mass is 31.2. The van der Waals surface area contributed by atoms with Crippen molar-refractivity contribution in [3.8, 4) is 0 Å². The second-order valence-electron chi connectivity index (χ2n) is 14.1. The number of likely N-dealkylation sites (N-methyl/N-ethyl adjacent to an activating group) is 1. The summed E-state index contributed by atoms with van der Waals surface area (Å²) in [4.78, 5) is 37.0. The zero-order chi connectivity index (χ0) is 40.5. The summed E-state index contributed by atoms with van der Waals surface area (Å²) in [5.41, 5.74) is 0. The lowest BCUT2D eigenvalue weighted by atomic mass is 10.1. The normalized spacial score (nSPS) is 14.1. The molecule has 0 saturated heterocycles. The van der Waals surface area contributed by atoms with Crippen LogP contribution in [0.2, 0.25) is 0 Å². The lowest BCUT2D eigenvalue weighted by Gasteiger charge is -2.20. The molecule has 316 valence electrons. The van der Waals surface area contributed by atoms with Crippen LogP contribution in [0, 0.1) is 0 Å². The van der Waals surface area contributed by atoms with Crippen LogP contribution in [-0.2, 0) is 32.7 Å².